The van der Waals surface area contributed by atoms with Crippen LogP contribution in [0.3, 0.4) is 0 Å². The van der Waals surface area contributed by atoms with E-state index in [0.717, 1.165) is 5.03 Å². The topological polar surface area (TPSA) is 87.7 Å². The van der Waals surface area contributed by atoms with Crippen molar-refractivity contribution in [2.24, 2.45) is 0 Å². The number of aromatic amines is 1. The van der Waals surface area contributed by atoms with Crippen LogP contribution in [-0.2, 0) is 11.2 Å². The molecule has 3 aromatic rings. The summed E-state index contributed by atoms with van der Waals surface area (Å²) in [6.07, 6.45) is 2.17. The molecule has 7 heteroatoms. The van der Waals surface area contributed by atoms with Crippen molar-refractivity contribution in [3.05, 3.63) is 64.8 Å². The number of nitrogens with zero attached hydrogens (tertiary/aromatic N) is 2. The summed E-state index contributed by atoms with van der Waals surface area (Å²) in [6, 6.07) is 12.8. The minimum Gasteiger partial charge on any atom is -0.355 e. The van der Waals surface area contributed by atoms with Crippen molar-refractivity contribution >= 4 is 28.6 Å². The average molecular weight is 354 g/mol. The van der Waals surface area contributed by atoms with Crippen LogP contribution in [0.2, 0.25) is 0 Å². The Morgan fingerprint density at radius 1 is 1.24 bits per heavy atom. The van der Waals surface area contributed by atoms with Gasteiger partial charge in [-0.1, -0.05) is 30.0 Å². The number of hydrogen-bond acceptors (Lipinski definition) is 5. The number of benzene rings is 1. The number of thioether (sulfide) groups is 1. The molecule has 25 heavy (non-hydrogen) atoms. The molecular weight excluding hydrogens is 336 g/mol. The van der Waals surface area contributed by atoms with Crippen LogP contribution in [0.4, 0.5) is 0 Å². The van der Waals surface area contributed by atoms with Crippen LogP contribution in [0.5, 0.6) is 0 Å². The number of hydrogen-bond donors (Lipinski definition) is 2. The Hall–Kier alpha value is -2.67. The van der Waals surface area contributed by atoms with E-state index in [1.54, 1.807) is 24.4 Å². The van der Waals surface area contributed by atoms with Gasteiger partial charge in [0.25, 0.3) is 5.56 Å². The van der Waals surface area contributed by atoms with Gasteiger partial charge in [0.15, 0.2) is 0 Å². The summed E-state index contributed by atoms with van der Waals surface area (Å²) in [5.74, 6) is 0.493. The summed E-state index contributed by atoms with van der Waals surface area (Å²) in [7, 11) is 0. The summed E-state index contributed by atoms with van der Waals surface area (Å²) in [6.45, 7) is 2.25. The Balaban J connectivity index is 1.55. The third-order valence-electron chi connectivity index (χ3n) is 3.63. The molecule has 0 radical (unpaired) electrons. The Morgan fingerprint density at radius 3 is 2.84 bits per heavy atom. The molecule has 2 heterocycles. The second-order valence-electron chi connectivity index (χ2n) is 5.50. The van der Waals surface area contributed by atoms with Crippen molar-refractivity contribution < 1.29 is 4.79 Å². The highest BCUT2D eigenvalue weighted by molar-refractivity contribution is 8.00. The van der Waals surface area contributed by atoms with Gasteiger partial charge in [0.2, 0.25) is 5.91 Å². The van der Waals surface area contributed by atoms with Crippen molar-refractivity contribution in [1.82, 2.24) is 20.3 Å². The number of pyridine rings is 1. The molecule has 0 fully saturated rings. The Kier molecular flexibility index (Phi) is 5.45. The quantitative estimate of drug-likeness (QED) is 0.662. The molecule has 1 amide bonds. The lowest BCUT2D eigenvalue weighted by molar-refractivity contribution is -0.120. The zero-order chi connectivity index (χ0) is 17.6. The number of fused-ring (bicyclic) bond motifs is 1. The minimum atomic E-state index is -0.251. The first-order valence-corrected chi connectivity index (χ1v) is 8.85. The third-order valence-corrected chi connectivity index (χ3v) is 4.68. The molecule has 0 saturated carbocycles. The number of H-pyrrole nitrogens is 1. The van der Waals surface area contributed by atoms with E-state index in [1.165, 1.54) is 11.8 Å². The predicted molar refractivity (Wildman–Crippen MR) is 98.6 cm³/mol. The van der Waals surface area contributed by atoms with Crippen LogP contribution in [0.25, 0.3) is 10.9 Å². The van der Waals surface area contributed by atoms with E-state index in [1.807, 2.05) is 31.2 Å². The first kappa shape index (κ1) is 17.2. The van der Waals surface area contributed by atoms with Crippen LogP contribution in [-0.4, -0.2) is 32.7 Å². The molecule has 128 valence electrons. The van der Waals surface area contributed by atoms with E-state index in [2.05, 4.69) is 20.3 Å². The van der Waals surface area contributed by atoms with Gasteiger partial charge < -0.3 is 10.3 Å². The van der Waals surface area contributed by atoms with Gasteiger partial charge in [0.05, 0.1) is 21.2 Å². The molecule has 2 aromatic heterocycles. The zero-order valence-corrected chi connectivity index (χ0v) is 14.5. The Labute approximate surface area is 149 Å². The molecule has 3 rings (SSSR count). The van der Waals surface area contributed by atoms with Crippen molar-refractivity contribution in [2.45, 2.75) is 23.6 Å². The fraction of sp³-hybridized carbons (Fsp3) is 0.222. The molecule has 0 bridgehead atoms. The number of aromatic nitrogens is 3. The fourth-order valence-corrected chi connectivity index (χ4v) is 3.18. The summed E-state index contributed by atoms with van der Waals surface area (Å²) < 4.78 is 0. The number of carbonyl (C=O) groups excluding carboxylic acids is 1. The number of para-hydroxylation sites is 1. The zero-order valence-electron chi connectivity index (χ0n) is 13.7. The van der Waals surface area contributed by atoms with Crippen LogP contribution in [0.1, 0.15) is 12.7 Å². The van der Waals surface area contributed by atoms with Crippen LogP contribution >= 0.6 is 11.8 Å². The number of amides is 1. The normalized spacial score (nSPS) is 12.0. The number of rotatable bonds is 6. The largest absolute Gasteiger partial charge is 0.355 e. The molecule has 0 spiro atoms. The molecule has 0 aliphatic rings. The standard InChI is InChI=1S/C18H18N4O2S/c1-12(25-16-8-4-5-10-19-16)17(23)20-11-9-15-21-14-7-3-2-6-13(14)18(24)22-15/h2-8,10,12H,9,11H2,1H3,(H,20,23)(H,21,22,24)/t12-/m1/s1. The predicted octanol–water partition coefficient (Wildman–Crippen LogP) is 2.16. The monoisotopic (exact) mass is 354 g/mol. The molecule has 0 aliphatic heterocycles. The highest BCUT2D eigenvalue weighted by Crippen LogP contribution is 2.20. The minimum absolute atomic E-state index is 0.0706. The second kappa shape index (κ2) is 7.94. The molecule has 6 nitrogen and oxygen atoms in total. The van der Waals surface area contributed by atoms with Gasteiger partial charge in [-0.15, -0.1) is 0 Å². The Bertz CT molecular complexity index is 927. The van der Waals surface area contributed by atoms with Crippen LogP contribution < -0.4 is 10.9 Å². The van der Waals surface area contributed by atoms with Crippen LogP contribution in [0, 0.1) is 0 Å². The summed E-state index contributed by atoms with van der Waals surface area (Å²) in [5, 5.41) is 3.99. The second-order valence-corrected chi connectivity index (χ2v) is 6.86. The fourth-order valence-electron chi connectivity index (χ4n) is 2.35. The molecular formula is C18H18N4O2S. The van der Waals surface area contributed by atoms with Crippen LogP contribution in [0.15, 0.2) is 58.5 Å². The summed E-state index contributed by atoms with van der Waals surface area (Å²) >= 11 is 1.41. The van der Waals surface area contributed by atoms with Gasteiger partial charge >= 0.3 is 0 Å². The van der Waals surface area contributed by atoms with Gasteiger partial charge in [-0.2, -0.15) is 0 Å². The van der Waals surface area contributed by atoms with E-state index in [9.17, 15) is 9.59 Å². The summed E-state index contributed by atoms with van der Waals surface area (Å²) in [5.41, 5.74) is 0.498. The lowest BCUT2D eigenvalue weighted by atomic mass is 10.2. The van der Waals surface area contributed by atoms with Gasteiger partial charge in [0, 0.05) is 19.2 Å². The van der Waals surface area contributed by atoms with Gasteiger partial charge in [-0.3, -0.25) is 9.59 Å². The molecule has 1 atom stereocenters. The lowest BCUT2D eigenvalue weighted by Gasteiger charge is -2.11. The van der Waals surface area contributed by atoms with E-state index < -0.39 is 0 Å². The smallest absolute Gasteiger partial charge is 0.258 e. The SMILES string of the molecule is C[C@@H](Sc1ccccn1)C(=O)NCCc1nc2ccccc2c(=O)[nH]1. The van der Waals surface area contributed by atoms with Crippen molar-refractivity contribution in [2.75, 3.05) is 6.54 Å². The average Bonchev–Trinajstić information content (AvgIpc) is 2.62. The van der Waals surface area contributed by atoms with Gasteiger partial charge in [-0.25, -0.2) is 9.97 Å². The van der Waals surface area contributed by atoms with E-state index in [-0.39, 0.29) is 16.7 Å². The number of nitrogens with one attached hydrogen (secondary N) is 2. The van der Waals surface area contributed by atoms with Crippen molar-refractivity contribution in [3.8, 4) is 0 Å². The molecule has 1 aromatic carbocycles. The van der Waals surface area contributed by atoms with Crippen molar-refractivity contribution in [3.63, 3.8) is 0 Å². The maximum absolute atomic E-state index is 12.2. The van der Waals surface area contributed by atoms with Gasteiger partial charge in [-0.05, 0) is 31.2 Å². The van der Waals surface area contributed by atoms with Gasteiger partial charge in [0.1, 0.15) is 5.82 Å². The third kappa shape index (κ3) is 4.45. The molecule has 0 unspecified atom stereocenters. The molecule has 2 N–H and O–H groups in total. The maximum Gasteiger partial charge on any atom is 0.258 e. The highest BCUT2D eigenvalue weighted by atomic mass is 32.2. The molecule has 0 saturated heterocycles. The first-order valence-electron chi connectivity index (χ1n) is 7.97. The first-order chi connectivity index (χ1) is 12.1. The highest BCUT2D eigenvalue weighted by Gasteiger charge is 2.14. The van der Waals surface area contributed by atoms with E-state index in [4.69, 9.17) is 0 Å². The lowest BCUT2D eigenvalue weighted by Crippen LogP contribution is -2.33. The Morgan fingerprint density at radius 2 is 2.04 bits per heavy atom. The van der Waals surface area contributed by atoms with E-state index >= 15 is 0 Å². The summed E-state index contributed by atoms with van der Waals surface area (Å²) in [4.78, 5) is 35.6. The van der Waals surface area contributed by atoms with E-state index in [0.29, 0.717) is 29.7 Å². The molecule has 0 aliphatic carbocycles. The number of carbonyl (C=O) groups is 1. The maximum atomic E-state index is 12.2. The van der Waals surface area contributed by atoms with Crippen molar-refractivity contribution in [1.29, 1.82) is 0 Å².